The van der Waals surface area contributed by atoms with Crippen molar-refractivity contribution in [2.45, 2.75) is 29.7 Å². The molecule has 0 spiro atoms. The lowest BCUT2D eigenvalue weighted by Crippen LogP contribution is -2.41. The van der Waals surface area contributed by atoms with Gasteiger partial charge in [0.25, 0.3) is 5.91 Å². The van der Waals surface area contributed by atoms with Gasteiger partial charge in [0.05, 0.1) is 24.7 Å². The largest absolute Gasteiger partial charge is 0.504 e. The number of nitrogens with two attached hydrogens (primary N) is 1. The lowest BCUT2D eigenvalue weighted by molar-refractivity contribution is -0.135. The number of nitrogens with one attached hydrogen (secondary N) is 1. The fourth-order valence-corrected chi connectivity index (χ4v) is 7.62. The van der Waals surface area contributed by atoms with E-state index in [2.05, 4.69) is 5.32 Å². The standard InChI is InChI=1S/C26H24N4O8S2/c1-3-38-16-10-12(4-9-15(16)31)18-19-20(23(34)30(22(19)33)25(27)35)39-24-21(18)40-26(36)29(24)11-17(32)28-13-5-7-14(37-2)8-6-13/h4-10,18-20,31H,3,11H2,1-2H3,(H2,27,35)(H,28,32). The number of imide groups is 3. The zero-order valence-electron chi connectivity index (χ0n) is 21.3. The van der Waals surface area contributed by atoms with Crippen LogP contribution in [0.2, 0.25) is 0 Å². The van der Waals surface area contributed by atoms with Crippen LogP contribution in [0.1, 0.15) is 23.3 Å². The normalized spacial score (nSPS) is 19.6. The van der Waals surface area contributed by atoms with Crippen molar-refractivity contribution in [3.63, 3.8) is 0 Å². The second kappa shape index (κ2) is 10.7. The molecule has 3 unspecified atom stereocenters. The maximum Gasteiger partial charge on any atom is 0.328 e. The molecule has 2 aliphatic rings. The SMILES string of the molecule is CCOc1cc(C2c3sc(=O)n(CC(=O)Nc4ccc(OC)cc4)c3SC3C(=O)N(C(N)=O)C(=O)C32)ccc1O. The lowest BCUT2D eigenvalue weighted by atomic mass is 9.83. The molecule has 40 heavy (non-hydrogen) atoms. The third-order valence-electron chi connectivity index (χ3n) is 6.59. The van der Waals surface area contributed by atoms with Crippen molar-refractivity contribution in [1.82, 2.24) is 9.47 Å². The number of urea groups is 1. The summed E-state index contributed by atoms with van der Waals surface area (Å²) in [6, 6.07) is 9.97. The Hall–Kier alpha value is -4.30. The van der Waals surface area contributed by atoms with Crippen LogP contribution in [0.3, 0.4) is 0 Å². The highest BCUT2D eigenvalue weighted by Crippen LogP contribution is 2.53. The maximum atomic E-state index is 13.3. The molecule has 5 amide bonds. The van der Waals surface area contributed by atoms with Crippen LogP contribution in [-0.4, -0.2) is 57.3 Å². The fourth-order valence-electron chi connectivity index (χ4n) is 4.85. The second-order valence-corrected chi connectivity index (χ2v) is 11.1. The van der Waals surface area contributed by atoms with Gasteiger partial charge in [-0.25, -0.2) is 4.79 Å². The van der Waals surface area contributed by atoms with Crippen LogP contribution in [0.25, 0.3) is 0 Å². The van der Waals surface area contributed by atoms with Crippen molar-refractivity contribution >= 4 is 52.5 Å². The number of ether oxygens (including phenoxy) is 2. The Morgan fingerprint density at radius 2 is 1.82 bits per heavy atom. The van der Waals surface area contributed by atoms with E-state index >= 15 is 0 Å². The van der Waals surface area contributed by atoms with Gasteiger partial charge in [-0.05, 0) is 48.9 Å². The monoisotopic (exact) mass is 584 g/mol. The summed E-state index contributed by atoms with van der Waals surface area (Å²) in [7, 11) is 1.52. The summed E-state index contributed by atoms with van der Waals surface area (Å²) < 4.78 is 11.9. The number of carbonyl (C=O) groups excluding carboxylic acids is 4. The number of aromatic nitrogens is 1. The number of thiazole rings is 1. The summed E-state index contributed by atoms with van der Waals surface area (Å²) in [5.74, 6) is -3.29. The van der Waals surface area contributed by atoms with E-state index in [1.165, 1.54) is 23.8 Å². The number of methoxy groups -OCH3 is 1. The minimum atomic E-state index is -1.19. The minimum Gasteiger partial charge on any atom is -0.504 e. The third-order valence-corrected chi connectivity index (χ3v) is 9.19. The first-order valence-corrected chi connectivity index (χ1v) is 13.8. The molecule has 2 aromatic carbocycles. The first kappa shape index (κ1) is 27.3. The molecule has 1 fully saturated rings. The van der Waals surface area contributed by atoms with E-state index in [9.17, 15) is 29.1 Å². The zero-order valence-corrected chi connectivity index (χ0v) is 22.9. The highest BCUT2D eigenvalue weighted by molar-refractivity contribution is 8.00. The third kappa shape index (κ3) is 4.69. The number of fused-ring (bicyclic) bond motifs is 2. The molecule has 1 aromatic heterocycles. The predicted octanol–water partition coefficient (Wildman–Crippen LogP) is 2.33. The molecule has 3 aromatic rings. The molecule has 1 saturated heterocycles. The Bertz CT molecular complexity index is 1580. The van der Waals surface area contributed by atoms with E-state index in [4.69, 9.17) is 15.2 Å². The van der Waals surface area contributed by atoms with Crippen LogP contribution < -0.4 is 25.4 Å². The summed E-state index contributed by atoms with van der Waals surface area (Å²) in [6.45, 7) is 1.65. The van der Waals surface area contributed by atoms with Crippen molar-refractivity contribution in [1.29, 1.82) is 0 Å². The van der Waals surface area contributed by atoms with Gasteiger partial charge in [0.15, 0.2) is 11.5 Å². The second-order valence-electron chi connectivity index (χ2n) is 8.95. The number of hydrogen-bond acceptors (Lipinski definition) is 10. The van der Waals surface area contributed by atoms with Crippen molar-refractivity contribution < 1.29 is 33.8 Å². The molecular weight excluding hydrogens is 560 g/mol. The number of primary amides is 1. The predicted molar refractivity (Wildman–Crippen MR) is 146 cm³/mol. The highest BCUT2D eigenvalue weighted by atomic mass is 32.2. The number of anilines is 1. The van der Waals surface area contributed by atoms with Crippen LogP contribution >= 0.6 is 23.1 Å². The van der Waals surface area contributed by atoms with Gasteiger partial charge in [-0.1, -0.05) is 29.2 Å². The Morgan fingerprint density at radius 3 is 2.48 bits per heavy atom. The molecule has 3 atom stereocenters. The summed E-state index contributed by atoms with van der Waals surface area (Å²) in [6.07, 6.45) is 0. The Morgan fingerprint density at radius 1 is 1.10 bits per heavy atom. The molecule has 4 N–H and O–H groups in total. The minimum absolute atomic E-state index is 0.124. The number of amides is 5. The average Bonchev–Trinajstić information content (AvgIpc) is 3.36. The van der Waals surface area contributed by atoms with Gasteiger partial charge in [-0.2, -0.15) is 4.90 Å². The van der Waals surface area contributed by atoms with Gasteiger partial charge in [0, 0.05) is 16.5 Å². The molecule has 0 aliphatic carbocycles. The number of benzene rings is 2. The molecular formula is C26H24N4O8S2. The molecule has 0 radical (unpaired) electrons. The summed E-state index contributed by atoms with van der Waals surface area (Å²) in [4.78, 5) is 65.1. The zero-order chi connectivity index (χ0) is 28.7. The van der Waals surface area contributed by atoms with Crippen LogP contribution in [0.4, 0.5) is 10.5 Å². The number of thioether (sulfide) groups is 1. The van der Waals surface area contributed by atoms with Gasteiger partial charge < -0.3 is 25.6 Å². The molecule has 12 nitrogen and oxygen atoms in total. The summed E-state index contributed by atoms with van der Waals surface area (Å²) >= 11 is 1.80. The van der Waals surface area contributed by atoms with Crippen LogP contribution in [0.5, 0.6) is 17.2 Å². The number of phenols is 1. The van der Waals surface area contributed by atoms with Gasteiger partial charge in [0.1, 0.15) is 17.5 Å². The van der Waals surface area contributed by atoms with Crippen molar-refractivity contribution in [2.24, 2.45) is 11.7 Å². The molecule has 0 saturated carbocycles. The number of phenolic OH excluding ortho intramolecular Hbond substituents is 1. The van der Waals surface area contributed by atoms with Gasteiger partial charge in [-0.3, -0.25) is 23.7 Å². The quantitative estimate of drug-likeness (QED) is 0.353. The number of carbonyl (C=O) groups is 4. The number of likely N-dealkylation sites (tertiary alicyclic amines) is 1. The van der Waals surface area contributed by atoms with Crippen LogP contribution in [0, 0.1) is 5.92 Å². The van der Waals surface area contributed by atoms with Crippen molar-refractivity contribution in [3.8, 4) is 17.2 Å². The molecule has 0 bridgehead atoms. The molecule has 14 heteroatoms. The highest BCUT2D eigenvalue weighted by Gasteiger charge is 2.58. The molecule has 3 heterocycles. The molecule has 208 valence electrons. The maximum absolute atomic E-state index is 13.3. The van der Waals surface area contributed by atoms with Crippen molar-refractivity contribution in [3.05, 3.63) is 62.6 Å². The first-order valence-electron chi connectivity index (χ1n) is 12.1. The topological polar surface area (TPSA) is 170 Å². The van der Waals surface area contributed by atoms with Crippen LogP contribution in [-0.2, 0) is 20.9 Å². The number of hydrogen-bond donors (Lipinski definition) is 3. The Kier molecular flexibility index (Phi) is 7.29. The molecule has 2 aliphatic heterocycles. The van der Waals surface area contributed by atoms with E-state index in [1.54, 1.807) is 37.3 Å². The number of rotatable bonds is 7. The van der Waals surface area contributed by atoms with E-state index in [-0.39, 0.29) is 24.7 Å². The van der Waals surface area contributed by atoms with Gasteiger partial charge in [-0.15, -0.1) is 0 Å². The lowest BCUT2D eigenvalue weighted by Gasteiger charge is -2.31. The van der Waals surface area contributed by atoms with E-state index in [0.29, 0.717) is 31.8 Å². The molecule has 5 rings (SSSR count). The van der Waals surface area contributed by atoms with E-state index < -0.39 is 45.7 Å². The summed E-state index contributed by atoms with van der Waals surface area (Å²) in [5.41, 5.74) is 6.34. The first-order chi connectivity index (χ1) is 19.1. The number of nitrogens with zero attached hydrogens (tertiary/aromatic N) is 2. The fraction of sp³-hybridized carbons (Fsp3) is 0.269. The smallest absolute Gasteiger partial charge is 0.328 e. The van der Waals surface area contributed by atoms with E-state index in [1.807, 2.05) is 0 Å². The number of aromatic hydroxyl groups is 1. The Balaban J connectivity index is 1.56. The van der Waals surface area contributed by atoms with Crippen molar-refractivity contribution in [2.75, 3.05) is 19.0 Å². The van der Waals surface area contributed by atoms with E-state index in [0.717, 1.165) is 23.1 Å². The van der Waals surface area contributed by atoms with Crippen LogP contribution in [0.15, 0.2) is 52.3 Å². The summed E-state index contributed by atoms with van der Waals surface area (Å²) in [5, 5.41) is 12.2. The van der Waals surface area contributed by atoms with Gasteiger partial charge >= 0.3 is 10.9 Å². The Labute approximate surface area is 235 Å². The van der Waals surface area contributed by atoms with Gasteiger partial charge in [0.2, 0.25) is 11.8 Å². The average molecular weight is 585 g/mol.